The van der Waals surface area contributed by atoms with E-state index in [1.807, 2.05) is 0 Å². The lowest BCUT2D eigenvalue weighted by Gasteiger charge is -2.18. The summed E-state index contributed by atoms with van der Waals surface area (Å²) in [4.78, 5) is 37.9. The van der Waals surface area contributed by atoms with Gasteiger partial charge in [0.05, 0.1) is 0 Å². The van der Waals surface area contributed by atoms with Crippen LogP contribution < -0.4 is 0 Å². The van der Waals surface area contributed by atoms with Gasteiger partial charge in [-0.1, -0.05) is 207 Å². The van der Waals surface area contributed by atoms with Gasteiger partial charge in [-0.25, -0.2) is 0 Å². The molecule has 0 amide bonds. The molecule has 0 radical (unpaired) electrons. The van der Waals surface area contributed by atoms with Crippen molar-refractivity contribution >= 4 is 17.9 Å². The predicted molar refractivity (Wildman–Crippen MR) is 283 cm³/mol. The van der Waals surface area contributed by atoms with E-state index in [0.29, 0.717) is 19.3 Å². The van der Waals surface area contributed by atoms with Crippen LogP contribution in [0.2, 0.25) is 0 Å². The van der Waals surface area contributed by atoms with Gasteiger partial charge in [-0.05, 0) is 116 Å². The fourth-order valence-electron chi connectivity index (χ4n) is 6.95. The fourth-order valence-corrected chi connectivity index (χ4v) is 6.95. The van der Waals surface area contributed by atoms with Gasteiger partial charge in [0.15, 0.2) is 6.10 Å². The maximum Gasteiger partial charge on any atom is 0.306 e. The Kier molecular flexibility index (Phi) is 50.5. The predicted octanol–water partition coefficient (Wildman–Crippen LogP) is 17.9. The van der Waals surface area contributed by atoms with Crippen molar-refractivity contribution < 1.29 is 28.6 Å². The summed E-state index contributed by atoms with van der Waals surface area (Å²) >= 11 is 0. The van der Waals surface area contributed by atoms with Crippen molar-refractivity contribution in [2.24, 2.45) is 0 Å². The Morgan fingerprint density at radius 3 is 0.955 bits per heavy atom. The molecular weight excluding hydrogens is 817 g/mol. The van der Waals surface area contributed by atoms with E-state index in [1.54, 1.807) is 0 Å². The first-order valence-electron chi connectivity index (χ1n) is 26.9. The van der Waals surface area contributed by atoms with Crippen LogP contribution in [0, 0.1) is 0 Å². The van der Waals surface area contributed by atoms with Gasteiger partial charge in [0.2, 0.25) is 0 Å². The highest BCUT2D eigenvalue weighted by Gasteiger charge is 2.19. The van der Waals surface area contributed by atoms with Crippen molar-refractivity contribution in [2.45, 2.75) is 239 Å². The van der Waals surface area contributed by atoms with E-state index in [0.717, 1.165) is 161 Å². The Balaban J connectivity index is 4.33. The normalized spacial score (nSPS) is 13.0. The highest BCUT2D eigenvalue weighted by atomic mass is 16.6. The third kappa shape index (κ3) is 51.1. The van der Waals surface area contributed by atoms with Crippen LogP contribution >= 0.6 is 0 Å². The zero-order valence-electron chi connectivity index (χ0n) is 42.7. The second-order valence-corrected chi connectivity index (χ2v) is 17.4. The van der Waals surface area contributed by atoms with E-state index >= 15 is 0 Å². The lowest BCUT2D eigenvalue weighted by atomic mass is 10.1. The summed E-state index contributed by atoms with van der Waals surface area (Å²) in [6.45, 7) is 6.35. The second kappa shape index (κ2) is 53.7. The lowest BCUT2D eigenvalue weighted by molar-refractivity contribution is -0.167. The van der Waals surface area contributed by atoms with Crippen LogP contribution in [0.5, 0.6) is 0 Å². The van der Waals surface area contributed by atoms with Crippen LogP contribution in [0.3, 0.4) is 0 Å². The molecule has 0 bridgehead atoms. The lowest BCUT2D eigenvalue weighted by Crippen LogP contribution is -2.30. The highest BCUT2D eigenvalue weighted by Crippen LogP contribution is 2.13. The average Bonchev–Trinajstić information content (AvgIpc) is 3.31. The monoisotopic (exact) mass is 915 g/mol. The first-order valence-corrected chi connectivity index (χ1v) is 26.9. The summed E-state index contributed by atoms with van der Waals surface area (Å²) in [6, 6.07) is 0. The van der Waals surface area contributed by atoms with Crippen LogP contribution in [0.4, 0.5) is 0 Å². The molecule has 0 rings (SSSR count). The van der Waals surface area contributed by atoms with Gasteiger partial charge in [-0.2, -0.15) is 0 Å². The van der Waals surface area contributed by atoms with Gasteiger partial charge >= 0.3 is 17.9 Å². The molecular formula is C60H98O6. The van der Waals surface area contributed by atoms with E-state index in [9.17, 15) is 14.4 Å². The standard InChI is InChI=1S/C60H98O6/c1-4-7-10-13-16-19-22-24-25-26-27-28-29-30-31-32-33-34-35-37-38-41-44-47-50-53-59(62)65-56-57(55-64-58(61)52-49-46-43-40-21-18-15-12-9-6-3)66-60(63)54-51-48-45-42-39-36-23-20-17-14-11-8-5-2/h7,10-12,14-16,19-20,23-25,27-28,30-31,33-34,57H,4-6,8-9,13,17-18,21-22,26,29,32,35-56H2,1-3H3/b10-7-,14-11-,15-12-,19-16-,23-20-,25-24-,28-27-,31-30-,34-33-. The topological polar surface area (TPSA) is 78.9 Å². The van der Waals surface area contributed by atoms with Crippen molar-refractivity contribution in [1.82, 2.24) is 0 Å². The molecule has 0 aromatic heterocycles. The quantitative estimate of drug-likeness (QED) is 0.0262. The van der Waals surface area contributed by atoms with Crippen molar-refractivity contribution in [2.75, 3.05) is 13.2 Å². The molecule has 6 heteroatoms. The van der Waals surface area contributed by atoms with E-state index in [4.69, 9.17) is 14.2 Å². The summed E-state index contributed by atoms with van der Waals surface area (Å²) in [6.07, 6.45) is 72.2. The fraction of sp³-hybridized carbons (Fsp3) is 0.650. The minimum absolute atomic E-state index is 0.0948. The number of unbranched alkanes of at least 4 members (excludes halogenated alkanes) is 18. The molecule has 0 aromatic rings. The minimum atomic E-state index is -0.795. The maximum atomic E-state index is 12.8. The van der Waals surface area contributed by atoms with Gasteiger partial charge in [0.25, 0.3) is 0 Å². The average molecular weight is 915 g/mol. The van der Waals surface area contributed by atoms with E-state index in [2.05, 4.69) is 130 Å². The molecule has 66 heavy (non-hydrogen) atoms. The second-order valence-electron chi connectivity index (χ2n) is 17.4. The number of rotatable bonds is 47. The molecule has 1 unspecified atom stereocenters. The summed E-state index contributed by atoms with van der Waals surface area (Å²) < 4.78 is 16.8. The summed E-state index contributed by atoms with van der Waals surface area (Å²) in [5, 5.41) is 0. The number of carbonyl (C=O) groups excluding carboxylic acids is 3. The van der Waals surface area contributed by atoms with Gasteiger partial charge in [-0.15, -0.1) is 0 Å². The number of carbonyl (C=O) groups is 3. The summed E-state index contributed by atoms with van der Waals surface area (Å²) in [5.74, 6) is -0.940. The molecule has 0 spiro atoms. The first kappa shape index (κ1) is 62.1. The van der Waals surface area contributed by atoms with Gasteiger partial charge in [0, 0.05) is 19.3 Å². The maximum absolute atomic E-state index is 12.8. The molecule has 0 aliphatic heterocycles. The number of allylic oxidation sites excluding steroid dienone is 18. The third-order valence-electron chi connectivity index (χ3n) is 10.9. The highest BCUT2D eigenvalue weighted by molar-refractivity contribution is 5.71. The Morgan fingerprint density at radius 1 is 0.318 bits per heavy atom. The van der Waals surface area contributed by atoms with Crippen LogP contribution in [0.15, 0.2) is 109 Å². The summed E-state index contributed by atoms with van der Waals surface area (Å²) in [7, 11) is 0. The number of hydrogen-bond donors (Lipinski definition) is 0. The number of ether oxygens (including phenoxy) is 3. The van der Waals surface area contributed by atoms with Crippen molar-refractivity contribution in [3.63, 3.8) is 0 Å². The number of hydrogen-bond acceptors (Lipinski definition) is 6. The van der Waals surface area contributed by atoms with E-state index in [1.165, 1.54) is 32.1 Å². The summed E-state index contributed by atoms with van der Waals surface area (Å²) in [5.41, 5.74) is 0. The van der Waals surface area contributed by atoms with Gasteiger partial charge < -0.3 is 14.2 Å². The Labute approximate surface area is 406 Å². The van der Waals surface area contributed by atoms with Crippen LogP contribution in [0.1, 0.15) is 233 Å². The zero-order valence-corrected chi connectivity index (χ0v) is 42.7. The molecule has 0 saturated heterocycles. The number of esters is 3. The Bertz CT molecular complexity index is 1370. The zero-order chi connectivity index (χ0) is 47.9. The Morgan fingerprint density at radius 2 is 0.591 bits per heavy atom. The van der Waals surface area contributed by atoms with E-state index < -0.39 is 6.10 Å². The van der Waals surface area contributed by atoms with Gasteiger partial charge in [-0.3, -0.25) is 14.4 Å². The minimum Gasteiger partial charge on any atom is -0.462 e. The molecule has 0 saturated carbocycles. The molecule has 0 heterocycles. The van der Waals surface area contributed by atoms with Crippen molar-refractivity contribution in [3.8, 4) is 0 Å². The molecule has 0 aliphatic rings. The third-order valence-corrected chi connectivity index (χ3v) is 10.9. The van der Waals surface area contributed by atoms with Crippen LogP contribution in [0.25, 0.3) is 0 Å². The first-order chi connectivity index (χ1) is 32.5. The molecule has 1 atom stereocenters. The molecule has 0 fully saturated rings. The van der Waals surface area contributed by atoms with E-state index in [-0.39, 0.29) is 31.1 Å². The molecule has 0 N–H and O–H groups in total. The van der Waals surface area contributed by atoms with Gasteiger partial charge in [0.1, 0.15) is 13.2 Å². The molecule has 0 aromatic carbocycles. The van der Waals surface area contributed by atoms with Crippen LogP contribution in [-0.2, 0) is 28.6 Å². The largest absolute Gasteiger partial charge is 0.462 e. The van der Waals surface area contributed by atoms with Crippen LogP contribution in [-0.4, -0.2) is 37.2 Å². The molecule has 0 aliphatic carbocycles. The Hall–Kier alpha value is -3.93. The smallest absolute Gasteiger partial charge is 0.306 e. The van der Waals surface area contributed by atoms with Crippen molar-refractivity contribution in [3.05, 3.63) is 109 Å². The molecule has 6 nitrogen and oxygen atoms in total. The SMILES string of the molecule is CC/C=C\C/C=C\C/C=C\C/C=C\C/C=C\C/C=C\CCCCCCCCC(=O)OCC(COC(=O)CCCCCCC/C=C\CCC)OC(=O)CCCCCCC/C=C\C/C=C\CCC. The molecule has 374 valence electrons. The van der Waals surface area contributed by atoms with Crippen molar-refractivity contribution in [1.29, 1.82) is 0 Å².